The monoisotopic (exact) mass is 173 g/mol. The first-order valence-corrected chi connectivity index (χ1v) is 4.20. The van der Waals surface area contributed by atoms with Crippen LogP contribution in [0.5, 0.6) is 0 Å². The lowest BCUT2D eigenvalue weighted by molar-refractivity contribution is 0.0249. The Labute approximate surface area is 74.7 Å². The van der Waals surface area contributed by atoms with Gasteiger partial charge in [-0.05, 0) is 34.6 Å². The van der Waals surface area contributed by atoms with E-state index in [4.69, 9.17) is 4.74 Å². The van der Waals surface area contributed by atoms with Crippen LogP contribution in [-0.4, -0.2) is 29.7 Å². The van der Waals surface area contributed by atoms with Gasteiger partial charge in [0.1, 0.15) is 5.60 Å². The normalized spacial score (nSPS) is 11.6. The molecule has 0 aromatic rings. The third-order valence-corrected chi connectivity index (χ3v) is 1.46. The zero-order chi connectivity index (χ0) is 9.94. The second-order valence-corrected chi connectivity index (χ2v) is 4.18. The molecule has 0 heterocycles. The van der Waals surface area contributed by atoms with Crippen LogP contribution in [0.1, 0.15) is 34.6 Å². The number of hydrogen-bond donors (Lipinski definition) is 0. The van der Waals surface area contributed by atoms with Crippen molar-refractivity contribution in [2.75, 3.05) is 7.05 Å². The lowest BCUT2D eigenvalue weighted by Gasteiger charge is -2.26. The molecule has 0 aliphatic carbocycles. The summed E-state index contributed by atoms with van der Waals surface area (Å²) in [6, 6.07) is 0.180. The number of amides is 1. The minimum absolute atomic E-state index is 0.180. The molecule has 72 valence electrons. The van der Waals surface area contributed by atoms with E-state index in [0.29, 0.717) is 0 Å². The van der Waals surface area contributed by atoms with E-state index in [1.807, 2.05) is 34.6 Å². The van der Waals surface area contributed by atoms with Crippen LogP contribution in [0.15, 0.2) is 0 Å². The molecule has 0 bridgehead atoms. The molecule has 0 fully saturated rings. The minimum atomic E-state index is -0.403. The summed E-state index contributed by atoms with van der Waals surface area (Å²) in [4.78, 5) is 12.9. The van der Waals surface area contributed by atoms with E-state index in [1.54, 1.807) is 11.9 Å². The molecule has 3 heteroatoms. The first-order valence-electron chi connectivity index (χ1n) is 4.20. The first-order chi connectivity index (χ1) is 5.24. The molecule has 0 atom stereocenters. The Morgan fingerprint density at radius 1 is 1.33 bits per heavy atom. The van der Waals surface area contributed by atoms with Gasteiger partial charge in [-0.15, -0.1) is 0 Å². The molecule has 0 N–H and O–H groups in total. The summed E-state index contributed by atoms with van der Waals surface area (Å²) in [7, 11) is 1.73. The van der Waals surface area contributed by atoms with E-state index in [1.165, 1.54) is 0 Å². The molecule has 0 spiro atoms. The Morgan fingerprint density at radius 3 is 2.00 bits per heavy atom. The third-order valence-electron chi connectivity index (χ3n) is 1.46. The van der Waals surface area contributed by atoms with Crippen molar-refractivity contribution in [3.8, 4) is 0 Å². The van der Waals surface area contributed by atoms with Crippen molar-refractivity contribution in [3.05, 3.63) is 0 Å². The highest BCUT2D eigenvalue weighted by molar-refractivity contribution is 5.68. The summed E-state index contributed by atoms with van der Waals surface area (Å²) in [5.74, 6) is 0. The number of hydrogen-bond acceptors (Lipinski definition) is 2. The van der Waals surface area contributed by atoms with E-state index >= 15 is 0 Å². The minimum Gasteiger partial charge on any atom is -0.444 e. The van der Waals surface area contributed by atoms with Crippen molar-refractivity contribution >= 4 is 6.09 Å². The standard InChI is InChI=1S/C9H19NO2/c1-7(2)10(6)8(11)12-9(3,4)5/h7H,1-6H3. The Morgan fingerprint density at radius 2 is 1.75 bits per heavy atom. The van der Waals surface area contributed by atoms with Gasteiger partial charge < -0.3 is 9.64 Å². The van der Waals surface area contributed by atoms with Gasteiger partial charge >= 0.3 is 6.09 Å². The van der Waals surface area contributed by atoms with Gasteiger partial charge in [0.05, 0.1) is 0 Å². The fourth-order valence-corrected chi connectivity index (χ4v) is 0.545. The summed E-state index contributed by atoms with van der Waals surface area (Å²) >= 11 is 0. The number of ether oxygens (including phenoxy) is 1. The summed E-state index contributed by atoms with van der Waals surface area (Å²) in [6.45, 7) is 9.48. The van der Waals surface area contributed by atoms with Crippen molar-refractivity contribution in [1.29, 1.82) is 0 Å². The average molecular weight is 173 g/mol. The van der Waals surface area contributed by atoms with Gasteiger partial charge in [0.2, 0.25) is 0 Å². The molecule has 0 aliphatic rings. The highest BCUT2D eigenvalue weighted by atomic mass is 16.6. The molecule has 0 aromatic heterocycles. The number of nitrogens with zero attached hydrogens (tertiary/aromatic N) is 1. The van der Waals surface area contributed by atoms with Crippen LogP contribution in [0.2, 0.25) is 0 Å². The van der Waals surface area contributed by atoms with Crippen LogP contribution >= 0.6 is 0 Å². The zero-order valence-corrected chi connectivity index (χ0v) is 8.84. The maximum atomic E-state index is 11.3. The number of carbonyl (C=O) groups excluding carboxylic acids is 1. The van der Waals surface area contributed by atoms with Crippen molar-refractivity contribution in [1.82, 2.24) is 4.90 Å². The van der Waals surface area contributed by atoms with Gasteiger partial charge in [-0.3, -0.25) is 0 Å². The van der Waals surface area contributed by atoms with Crippen LogP contribution in [0, 0.1) is 0 Å². The molecular formula is C9H19NO2. The fourth-order valence-electron chi connectivity index (χ4n) is 0.545. The van der Waals surface area contributed by atoms with Crippen molar-refractivity contribution in [2.45, 2.75) is 46.3 Å². The van der Waals surface area contributed by atoms with Gasteiger partial charge in [-0.1, -0.05) is 0 Å². The predicted molar refractivity (Wildman–Crippen MR) is 49.1 cm³/mol. The Bertz CT molecular complexity index is 158. The maximum absolute atomic E-state index is 11.3. The maximum Gasteiger partial charge on any atom is 0.410 e. The SMILES string of the molecule is CC(C)N(C)C(=O)OC(C)(C)C. The highest BCUT2D eigenvalue weighted by Gasteiger charge is 2.20. The average Bonchev–Trinajstić information content (AvgIpc) is 1.82. The second-order valence-electron chi connectivity index (χ2n) is 4.18. The van der Waals surface area contributed by atoms with E-state index in [-0.39, 0.29) is 12.1 Å². The van der Waals surface area contributed by atoms with Crippen LogP contribution in [-0.2, 0) is 4.74 Å². The van der Waals surface area contributed by atoms with E-state index in [2.05, 4.69) is 0 Å². The molecule has 0 radical (unpaired) electrons. The summed E-state index contributed by atoms with van der Waals surface area (Å²) < 4.78 is 5.15. The first kappa shape index (κ1) is 11.3. The summed E-state index contributed by atoms with van der Waals surface area (Å²) in [5.41, 5.74) is -0.403. The van der Waals surface area contributed by atoms with E-state index < -0.39 is 5.60 Å². The van der Waals surface area contributed by atoms with Crippen LogP contribution in [0.25, 0.3) is 0 Å². The highest BCUT2D eigenvalue weighted by Crippen LogP contribution is 2.10. The summed E-state index contributed by atoms with van der Waals surface area (Å²) in [6.07, 6.45) is -0.266. The zero-order valence-electron chi connectivity index (χ0n) is 8.84. The molecule has 0 aromatic carbocycles. The molecule has 12 heavy (non-hydrogen) atoms. The molecular weight excluding hydrogens is 154 g/mol. The topological polar surface area (TPSA) is 29.5 Å². The molecule has 0 aliphatic heterocycles. The molecule has 0 saturated carbocycles. The number of carbonyl (C=O) groups is 1. The third kappa shape index (κ3) is 4.21. The number of rotatable bonds is 1. The fraction of sp³-hybridized carbons (Fsp3) is 0.889. The lowest BCUT2D eigenvalue weighted by atomic mass is 10.2. The molecule has 0 rings (SSSR count). The molecule has 0 saturated heterocycles. The largest absolute Gasteiger partial charge is 0.444 e. The van der Waals surface area contributed by atoms with Crippen LogP contribution in [0.3, 0.4) is 0 Å². The van der Waals surface area contributed by atoms with Gasteiger partial charge in [0, 0.05) is 13.1 Å². The van der Waals surface area contributed by atoms with Gasteiger partial charge in [0.25, 0.3) is 0 Å². The van der Waals surface area contributed by atoms with Crippen molar-refractivity contribution < 1.29 is 9.53 Å². The van der Waals surface area contributed by atoms with E-state index in [9.17, 15) is 4.79 Å². The predicted octanol–water partition coefficient (Wildman–Crippen LogP) is 2.26. The Balaban J connectivity index is 4.05. The second kappa shape index (κ2) is 3.78. The van der Waals surface area contributed by atoms with Gasteiger partial charge in [-0.25, -0.2) is 4.79 Å². The van der Waals surface area contributed by atoms with E-state index in [0.717, 1.165) is 0 Å². The molecule has 1 amide bonds. The van der Waals surface area contributed by atoms with Gasteiger partial charge in [-0.2, -0.15) is 0 Å². The van der Waals surface area contributed by atoms with Crippen LogP contribution < -0.4 is 0 Å². The molecule has 3 nitrogen and oxygen atoms in total. The summed E-state index contributed by atoms with van der Waals surface area (Å²) in [5, 5.41) is 0. The Hall–Kier alpha value is -0.730. The smallest absolute Gasteiger partial charge is 0.410 e. The van der Waals surface area contributed by atoms with Gasteiger partial charge in [0.15, 0.2) is 0 Å². The van der Waals surface area contributed by atoms with Crippen LogP contribution in [0.4, 0.5) is 4.79 Å². The Kier molecular flexibility index (Phi) is 3.55. The van der Waals surface area contributed by atoms with Crippen molar-refractivity contribution in [3.63, 3.8) is 0 Å². The lowest BCUT2D eigenvalue weighted by Crippen LogP contribution is -2.38. The quantitative estimate of drug-likeness (QED) is 0.608. The molecule has 0 unspecified atom stereocenters. The van der Waals surface area contributed by atoms with Crippen molar-refractivity contribution in [2.24, 2.45) is 0 Å².